The van der Waals surface area contributed by atoms with Gasteiger partial charge in [0.15, 0.2) is 6.29 Å². The van der Waals surface area contributed by atoms with Crippen LogP contribution in [0.25, 0.3) is 11.1 Å². The molecule has 0 spiro atoms. The molecular formula is C12H5Cl4NO. The summed E-state index contributed by atoms with van der Waals surface area (Å²) < 4.78 is 0. The van der Waals surface area contributed by atoms with E-state index in [4.69, 9.17) is 46.4 Å². The fourth-order valence-corrected chi connectivity index (χ4v) is 2.37. The van der Waals surface area contributed by atoms with Crippen molar-refractivity contribution < 1.29 is 4.79 Å². The van der Waals surface area contributed by atoms with Crippen LogP contribution in [0.15, 0.2) is 24.4 Å². The lowest BCUT2D eigenvalue weighted by atomic mass is 10.1. The van der Waals surface area contributed by atoms with Crippen LogP contribution in [0.1, 0.15) is 10.5 Å². The molecule has 0 aliphatic heterocycles. The number of halogens is 4. The average molecular weight is 321 g/mol. The maximum Gasteiger partial charge on any atom is 0.169 e. The topological polar surface area (TPSA) is 30.0 Å². The molecule has 0 bridgehead atoms. The Kier molecular flexibility index (Phi) is 4.13. The largest absolute Gasteiger partial charge is 0.296 e. The summed E-state index contributed by atoms with van der Waals surface area (Å²) in [5.74, 6) is 0. The Balaban J connectivity index is 2.62. The summed E-state index contributed by atoms with van der Waals surface area (Å²) in [4.78, 5) is 14.6. The van der Waals surface area contributed by atoms with E-state index in [-0.39, 0.29) is 10.7 Å². The maximum atomic E-state index is 10.6. The third-order valence-electron chi connectivity index (χ3n) is 2.29. The molecule has 0 N–H and O–H groups in total. The van der Waals surface area contributed by atoms with Crippen LogP contribution in [-0.4, -0.2) is 11.3 Å². The fraction of sp³-hybridized carbons (Fsp3) is 0. The minimum Gasteiger partial charge on any atom is -0.296 e. The van der Waals surface area contributed by atoms with Gasteiger partial charge in [-0.1, -0.05) is 46.4 Å². The molecule has 1 aromatic carbocycles. The van der Waals surface area contributed by atoms with Crippen LogP contribution in [0.3, 0.4) is 0 Å². The zero-order chi connectivity index (χ0) is 13.3. The number of aldehydes is 1. The van der Waals surface area contributed by atoms with Crippen molar-refractivity contribution >= 4 is 52.7 Å². The molecule has 2 aromatic rings. The number of hydrogen-bond acceptors (Lipinski definition) is 2. The minimum absolute atomic E-state index is 0.171. The van der Waals surface area contributed by atoms with Gasteiger partial charge in [-0.25, -0.2) is 0 Å². The normalized spacial score (nSPS) is 10.4. The number of aromatic nitrogens is 1. The molecule has 2 rings (SSSR count). The van der Waals surface area contributed by atoms with Gasteiger partial charge in [0.2, 0.25) is 0 Å². The van der Waals surface area contributed by atoms with Gasteiger partial charge in [0.25, 0.3) is 0 Å². The number of nitrogens with zero attached hydrogens (tertiary/aromatic N) is 1. The van der Waals surface area contributed by atoms with E-state index in [0.29, 0.717) is 32.5 Å². The minimum atomic E-state index is 0.171. The molecule has 0 aliphatic rings. The van der Waals surface area contributed by atoms with Crippen molar-refractivity contribution in [3.05, 3.63) is 50.2 Å². The third-order valence-corrected chi connectivity index (χ3v) is 3.61. The van der Waals surface area contributed by atoms with Gasteiger partial charge in [-0.3, -0.25) is 9.78 Å². The lowest BCUT2D eigenvalue weighted by Gasteiger charge is -2.08. The first kappa shape index (κ1) is 13.6. The van der Waals surface area contributed by atoms with Gasteiger partial charge in [0.05, 0.1) is 15.1 Å². The molecule has 0 unspecified atom stereocenters. The SMILES string of the molecule is O=Cc1ncc(-c2cc(Cl)cc(Cl)c2Cl)cc1Cl. The van der Waals surface area contributed by atoms with Crippen LogP contribution < -0.4 is 0 Å². The third kappa shape index (κ3) is 2.62. The summed E-state index contributed by atoms with van der Waals surface area (Å²) in [6.07, 6.45) is 2.07. The lowest BCUT2D eigenvalue weighted by Crippen LogP contribution is -1.90. The summed E-state index contributed by atoms with van der Waals surface area (Å²) in [5, 5.41) is 1.40. The van der Waals surface area contributed by atoms with Gasteiger partial charge < -0.3 is 0 Å². The van der Waals surface area contributed by atoms with Gasteiger partial charge in [0.1, 0.15) is 5.69 Å². The van der Waals surface area contributed by atoms with E-state index in [1.807, 2.05) is 0 Å². The second-order valence-corrected chi connectivity index (χ2v) is 5.09. The van der Waals surface area contributed by atoms with Gasteiger partial charge in [-0.2, -0.15) is 0 Å². The Labute approximate surface area is 123 Å². The van der Waals surface area contributed by atoms with E-state index in [2.05, 4.69) is 4.98 Å². The molecule has 0 fully saturated rings. The molecule has 18 heavy (non-hydrogen) atoms. The van der Waals surface area contributed by atoms with E-state index >= 15 is 0 Å². The lowest BCUT2D eigenvalue weighted by molar-refractivity contribution is 0.111. The van der Waals surface area contributed by atoms with E-state index in [1.54, 1.807) is 18.2 Å². The van der Waals surface area contributed by atoms with Crippen molar-refractivity contribution in [3.8, 4) is 11.1 Å². The first-order valence-corrected chi connectivity index (χ1v) is 6.29. The van der Waals surface area contributed by atoms with E-state index in [9.17, 15) is 4.79 Å². The van der Waals surface area contributed by atoms with Gasteiger partial charge in [-0.05, 0) is 18.2 Å². The zero-order valence-electron chi connectivity index (χ0n) is 8.75. The summed E-state index contributed by atoms with van der Waals surface area (Å²) >= 11 is 23.9. The Bertz CT molecular complexity index is 628. The zero-order valence-corrected chi connectivity index (χ0v) is 11.8. The standard InChI is InChI=1S/C12H5Cl4NO/c13-7-2-8(12(16)10(15)3-7)6-1-9(14)11(5-18)17-4-6/h1-5H. The molecule has 0 atom stereocenters. The number of carbonyl (C=O) groups excluding carboxylic acids is 1. The summed E-state index contributed by atoms with van der Waals surface area (Å²) in [5.41, 5.74) is 1.42. The van der Waals surface area contributed by atoms with Crippen LogP contribution in [0.4, 0.5) is 0 Å². The Hall–Kier alpha value is -0.800. The number of hydrogen-bond donors (Lipinski definition) is 0. The maximum absolute atomic E-state index is 10.6. The number of rotatable bonds is 2. The van der Waals surface area contributed by atoms with Crippen LogP contribution >= 0.6 is 46.4 Å². The van der Waals surface area contributed by atoms with Gasteiger partial charge >= 0.3 is 0 Å². The molecule has 1 heterocycles. The smallest absolute Gasteiger partial charge is 0.169 e. The molecule has 0 aliphatic carbocycles. The second-order valence-electron chi connectivity index (χ2n) is 3.46. The number of benzene rings is 1. The highest BCUT2D eigenvalue weighted by atomic mass is 35.5. The average Bonchev–Trinajstić information content (AvgIpc) is 2.33. The second kappa shape index (κ2) is 5.45. The van der Waals surface area contributed by atoms with E-state index in [0.717, 1.165) is 0 Å². The molecule has 6 heteroatoms. The van der Waals surface area contributed by atoms with Crippen LogP contribution in [0.2, 0.25) is 20.1 Å². The van der Waals surface area contributed by atoms with Gasteiger partial charge in [0, 0.05) is 22.3 Å². The van der Waals surface area contributed by atoms with Crippen LogP contribution in [-0.2, 0) is 0 Å². The van der Waals surface area contributed by atoms with Crippen molar-refractivity contribution in [2.24, 2.45) is 0 Å². The molecule has 0 saturated carbocycles. The molecular weight excluding hydrogens is 316 g/mol. The van der Waals surface area contributed by atoms with Crippen molar-refractivity contribution in [1.82, 2.24) is 4.98 Å². The quantitative estimate of drug-likeness (QED) is 0.564. The van der Waals surface area contributed by atoms with Crippen molar-refractivity contribution in [2.75, 3.05) is 0 Å². The molecule has 2 nitrogen and oxygen atoms in total. The Morgan fingerprint density at radius 3 is 2.33 bits per heavy atom. The predicted octanol–water partition coefficient (Wildman–Crippen LogP) is 5.17. The molecule has 1 aromatic heterocycles. The van der Waals surface area contributed by atoms with E-state index in [1.165, 1.54) is 6.20 Å². The molecule has 0 amide bonds. The highest BCUT2D eigenvalue weighted by molar-refractivity contribution is 6.45. The monoisotopic (exact) mass is 319 g/mol. The molecule has 0 saturated heterocycles. The Morgan fingerprint density at radius 1 is 1.00 bits per heavy atom. The number of carbonyl (C=O) groups is 1. The predicted molar refractivity (Wildman–Crippen MR) is 75.1 cm³/mol. The molecule has 0 radical (unpaired) electrons. The van der Waals surface area contributed by atoms with Crippen LogP contribution in [0, 0.1) is 0 Å². The fourth-order valence-electron chi connectivity index (χ4n) is 1.45. The van der Waals surface area contributed by atoms with Crippen molar-refractivity contribution in [3.63, 3.8) is 0 Å². The van der Waals surface area contributed by atoms with E-state index < -0.39 is 0 Å². The number of pyridine rings is 1. The summed E-state index contributed by atoms with van der Waals surface area (Å²) in [6.45, 7) is 0. The Morgan fingerprint density at radius 2 is 1.72 bits per heavy atom. The molecule has 92 valence electrons. The van der Waals surface area contributed by atoms with Crippen molar-refractivity contribution in [1.29, 1.82) is 0 Å². The summed E-state index contributed by atoms with van der Waals surface area (Å²) in [7, 11) is 0. The van der Waals surface area contributed by atoms with Crippen LogP contribution in [0.5, 0.6) is 0 Å². The first-order chi connectivity index (χ1) is 8.52. The highest BCUT2D eigenvalue weighted by Crippen LogP contribution is 2.37. The summed E-state index contributed by atoms with van der Waals surface area (Å²) in [6, 6.07) is 4.79. The van der Waals surface area contributed by atoms with Crippen molar-refractivity contribution in [2.45, 2.75) is 0 Å². The van der Waals surface area contributed by atoms with Gasteiger partial charge in [-0.15, -0.1) is 0 Å². The highest BCUT2D eigenvalue weighted by Gasteiger charge is 2.11. The first-order valence-electron chi connectivity index (χ1n) is 4.78.